The molecule has 0 saturated heterocycles. The van der Waals surface area contributed by atoms with Crippen LogP contribution in [0.4, 0.5) is 0 Å². The van der Waals surface area contributed by atoms with E-state index in [2.05, 4.69) is 51.7 Å². The summed E-state index contributed by atoms with van der Waals surface area (Å²) in [7, 11) is 1.77. The highest BCUT2D eigenvalue weighted by molar-refractivity contribution is 5.79. The van der Waals surface area contributed by atoms with Crippen LogP contribution in [0.3, 0.4) is 0 Å². The predicted molar refractivity (Wildman–Crippen MR) is 95.7 cm³/mol. The van der Waals surface area contributed by atoms with E-state index in [0.717, 1.165) is 44.8 Å². The fourth-order valence-electron chi connectivity index (χ4n) is 2.54. The van der Waals surface area contributed by atoms with Gasteiger partial charge in [-0.15, -0.1) is 0 Å². The molecular weight excluding hydrogens is 288 g/mol. The molecule has 5 nitrogen and oxygen atoms in total. The molecule has 5 heteroatoms. The van der Waals surface area contributed by atoms with Crippen LogP contribution in [0, 0.1) is 0 Å². The van der Waals surface area contributed by atoms with E-state index < -0.39 is 0 Å². The molecule has 0 amide bonds. The van der Waals surface area contributed by atoms with Crippen LogP contribution in [0.5, 0.6) is 0 Å². The van der Waals surface area contributed by atoms with Crippen LogP contribution in [0.15, 0.2) is 35.3 Å². The summed E-state index contributed by atoms with van der Waals surface area (Å²) in [4.78, 5) is 7.17. The number of benzene rings is 1. The van der Waals surface area contributed by atoms with Gasteiger partial charge in [0.2, 0.25) is 0 Å². The maximum absolute atomic E-state index is 5.21. The van der Waals surface area contributed by atoms with E-state index in [1.807, 2.05) is 6.07 Å². The predicted octanol–water partition coefficient (Wildman–Crippen LogP) is 1.85. The molecule has 2 rings (SSSR count). The summed E-state index contributed by atoms with van der Waals surface area (Å²) < 4.78 is 5.21. The fraction of sp³-hybridized carbons (Fsp3) is 0.611. The van der Waals surface area contributed by atoms with Gasteiger partial charge in [-0.25, -0.2) is 4.99 Å². The minimum absolute atomic E-state index is 0.701. The highest BCUT2D eigenvalue weighted by Gasteiger charge is 2.28. The number of hydrogen-bond donors (Lipinski definition) is 2. The number of nitrogens with zero attached hydrogens (tertiary/aromatic N) is 2. The minimum Gasteiger partial charge on any atom is -0.383 e. The van der Waals surface area contributed by atoms with Crippen LogP contribution in [-0.4, -0.2) is 56.8 Å². The van der Waals surface area contributed by atoms with Gasteiger partial charge in [0.1, 0.15) is 0 Å². The molecule has 128 valence electrons. The smallest absolute Gasteiger partial charge is 0.191 e. The Morgan fingerprint density at radius 2 is 2.00 bits per heavy atom. The summed E-state index contributed by atoms with van der Waals surface area (Å²) in [5.74, 6) is 0.888. The normalized spacial score (nSPS) is 15.0. The van der Waals surface area contributed by atoms with Gasteiger partial charge in [-0.1, -0.05) is 30.3 Å². The molecule has 23 heavy (non-hydrogen) atoms. The molecule has 1 aromatic rings. The van der Waals surface area contributed by atoms with E-state index in [0.29, 0.717) is 6.54 Å². The van der Waals surface area contributed by atoms with Gasteiger partial charge in [0.05, 0.1) is 13.2 Å². The minimum atomic E-state index is 0.701. The lowest BCUT2D eigenvalue weighted by molar-refractivity contribution is 0.144. The Morgan fingerprint density at radius 1 is 1.22 bits per heavy atom. The number of hydrogen-bond acceptors (Lipinski definition) is 3. The van der Waals surface area contributed by atoms with Gasteiger partial charge < -0.3 is 15.4 Å². The van der Waals surface area contributed by atoms with Crippen LogP contribution in [0.1, 0.15) is 25.3 Å². The van der Waals surface area contributed by atoms with Crippen molar-refractivity contribution in [3.63, 3.8) is 0 Å². The van der Waals surface area contributed by atoms with E-state index in [9.17, 15) is 0 Å². The lowest BCUT2D eigenvalue weighted by atomic mass is 10.2. The number of nitrogens with one attached hydrogen (secondary N) is 2. The zero-order valence-corrected chi connectivity index (χ0v) is 14.4. The number of guanidine groups is 1. The molecule has 0 unspecified atom stereocenters. The maximum Gasteiger partial charge on any atom is 0.191 e. The van der Waals surface area contributed by atoms with Crippen molar-refractivity contribution in [2.45, 2.75) is 32.4 Å². The van der Waals surface area contributed by atoms with E-state index in [-0.39, 0.29) is 0 Å². The Balaban J connectivity index is 1.76. The van der Waals surface area contributed by atoms with Crippen LogP contribution in [0.2, 0.25) is 0 Å². The van der Waals surface area contributed by atoms with Gasteiger partial charge in [0.15, 0.2) is 5.96 Å². The molecule has 1 aliphatic carbocycles. The van der Waals surface area contributed by atoms with E-state index >= 15 is 0 Å². The summed E-state index contributed by atoms with van der Waals surface area (Å²) >= 11 is 0. The SMILES string of the molecule is CCNC(=NCc1ccccc1)NCCN(CCOC)C1CC1. The molecule has 0 aromatic heterocycles. The number of aliphatic imine (C=N–C) groups is 1. The second kappa shape index (κ2) is 10.2. The first-order chi connectivity index (χ1) is 11.3. The van der Waals surface area contributed by atoms with Gasteiger partial charge in [0, 0.05) is 39.3 Å². The average molecular weight is 318 g/mol. The van der Waals surface area contributed by atoms with Crippen molar-refractivity contribution in [1.29, 1.82) is 0 Å². The topological polar surface area (TPSA) is 48.9 Å². The van der Waals surface area contributed by atoms with Crippen molar-refractivity contribution >= 4 is 5.96 Å². The Bertz CT molecular complexity index is 459. The highest BCUT2D eigenvalue weighted by Crippen LogP contribution is 2.25. The monoisotopic (exact) mass is 318 g/mol. The van der Waals surface area contributed by atoms with E-state index in [1.165, 1.54) is 18.4 Å². The van der Waals surface area contributed by atoms with Gasteiger partial charge in [0.25, 0.3) is 0 Å². The van der Waals surface area contributed by atoms with Crippen LogP contribution >= 0.6 is 0 Å². The van der Waals surface area contributed by atoms with Crippen molar-refractivity contribution < 1.29 is 4.74 Å². The number of methoxy groups -OCH3 is 1. The van der Waals surface area contributed by atoms with Crippen molar-refractivity contribution in [3.05, 3.63) is 35.9 Å². The molecule has 0 aliphatic heterocycles. The first-order valence-electron chi connectivity index (χ1n) is 8.62. The Morgan fingerprint density at radius 3 is 2.65 bits per heavy atom. The summed E-state index contributed by atoms with van der Waals surface area (Å²) in [5.41, 5.74) is 1.23. The van der Waals surface area contributed by atoms with Crippen molar-refractivity contribution in [2.75, 3.05) is 39.9 Å². The molecule has 2 N–H and O–H groups in total. The van der Waals surface area contributed by atoms with Crippen LogP contribution in [0.25, 0.3) is 0 Å². The third kappa shape index (κ3) is 7.01. The molecule has 1 fully saturated rings. The molecule has 1 saturated carbocycles. The largest absolute Gasteiger partial charge is 0.383 e. The van der Waals surface area contributed by atoms with Crippen LogP contribution < -0.4 is 10.6 Å². The first-order valence-corrected chi connectivity index (χ1v) is 8.62. The molecule has 0 atom stereocenters. The molecule has 1 aromatic carbocycles. The van der Waals surface area contributed by atoms with Crippen molar-refractivity contribution in [2.24, 2.45) is 4.99 Å². The van der Waals surface area contributed by atoms with Crippen molar-refractivity contribution in [1.82, 2.24) is 15.5 Å². The highest BCUT2D eigenvalue weighted by atomic mass is 16.5. The van der Waals surface area contributed by atoms with E-state index in [1.54, 1.807) is 7.11 Å². The molecule has 1 aliphatic rings. The van der Waals surface area contributed by atoms with E-state index in [4.69, 9.17) is 4.74 Å². The summed E-state index contributed by atoms with van der Waals surface area (Å²) in [6, 6.07) is 11.1. The summed E-state index contributed by atoms with van der Waals surface area (Å²) in [6.07, 6.45) is 2.65. The van der Waals surface area contributed by atoms with Crippen LogP contribution in [-0.2, 0) is 11.3 Å². The lowest BCUT2D eigenvalue weighted by Crippen LogP contribution is -2.42. The summed E-state index contributed by atoms with van der Waals surface area (Å²) in [6.45, 7) is 7.42. The summed E-state index contributed by atoms with van der Waals surface area (Å²) in [5, 5.41) is 6.75. The number of ether oxygens (including phenoxy) is 1. The Labute approximate surface area is 140 Å². The van der Waals surface area contributed by atoms with Crippen molar-refractivity contribution in [3.8, 4) is 0 Å². The van der Waals surface area contributed by atoms with Gasteiger partial charge in [-0.3, -0.25) is 4.90 Å². The number of rotatable bonds is 10. The zero-order valence-electron chi connectivity index (χ0n) is 14.4. The third-order valence-corrected chi connectivity index (χ3v) is 3.94. The second-order valence-electron chi connectivity index (χ2n) is 5.87. The molecule has 0 radical (unpaired) electrons. The molecule has 0 bridgehead atoms. The molecular formula is C18H30N4O. The lowest BCUT2D eigenvalue weighted by Gasteiger charge is -2.22. The van der Waals surface area contributed by atoms with Gasteiger partial charge in [-0.05, 0) is 25.3 Å². The zero-order chi connectivity index (χ0) is 16.3. The maximum atomic E-state index is 5.21. The van der Waals surface area contributed by atoms with Gasteiger partial charge >= 0.3 is 0 Å². The Kier molecular flexibility index (Phi) is 7.90. The standard InChI is InChI=1S/C18H30N4O/c1-3-19-18(21-15-16-7-5-4-6-8-16)20-11-12-22(13-14-23-2)17-9-10-17/h4-8,17H,3,9-15H2,1-2H3,(H2,19,20,21). The average Bonchev–Trinajstić information content (AvgIpc) is 3.41. The fourth-order valence-corrected chi connectivity index (χ4v) is 2.54. The Hall–Kier alpha value is -1.59. The quantitative estimate of drug-likeness (QED) is 0.511. The molecule has 0 heterocycles. The molecule has 0 spiro atoms. The first kappa shape index (κ1) is 17.8. The second-order valence-corrected chi connectivity index (χ2v) is 5.87. The van der Waals surface area contributed by atoms with Gasteiger partial charge in [-0.2, -0.15) is 0 Å². The third-order valence-electron chi connectivity index (χ3n) is 3.94.